The van der Waals surface area contributed by atoms with E-state index in [0.717, 1.165) is 0 Å². The second kappa shape index (κ2) is 5.44. The number of hydrogen-bond donors (Lipinski definition) is 3. The Balaban J connectivity index is 2.49. The molecule has 112 valence electrons. The topological polar surface area (TPSA) is 121 Å². The Kier molecular flexibility index (Phi) is 3.85. The minimum Gasteiger partial charge on any atom is -0.495 e. The Morgan fingerprint density at radius 2 is 2.05 bits per heavy atom. The number of nitrogens with zero attached hydrogens (tertiary/aromatic N) is 1. The Bertz CT molecular complexity index is 782. The SMILES string of the molecule is COc1ccccc1NS(=O)(=O)c1c(C(=O)O)n[nH]c1C. The van der Waals surface area contributed by atoms with Crippen molar-refractivity contribution >= 4 is 21.7 Å². The van der Waals surface area contributed by atoms with Gasteiger partial charge in [0.15, 0.2) is 5.69 Å². The number of aromatic nitrogens is 2. The molecule has 2 aromatic rings. The number of nitrogens with one attached hydrogen (secondary N) is 2. The summed E-state index contributed by atoms with van der Waals surface area (Å²) in [5, 5.41) is 14.9. The molecule has 21 heavy (non-hydrogen) atoms. The van der Waals surface area contributed by atoms with Crippen molar-refractivity contribution in [3.8, 4) is 5.75 Å². The largest absolute Gasteiger partial charge is 0.495 e. The number of aromatic carboxylic acids is 1. The van der Waals surface area contributed by atoms with Crippen LogP contribution in [-0.2, 0) is 10.0 Å². The number of benzene rings is 1. The highest BCUT2D eigenvalue weighted by atomic mass is 32.2. The number of aromatic amines is 1. The predicted octanol–water partition coefficient (Wildman–Crippen LogP) is 1.23. The lowest BCUT2D eigenvalue weighted by atomic mass is 10.3. The number of ether oxygens (including phenoxy) is 1. The van der Waals surface area contributed by atoms with Crippen LogP contribution >= 0.6 is 0 Å². The Morgan fingerprint density at radius 3 is 2.67 bits per heavy atom. The molecular weight excluding hydrogens is 298 g/mol. The number of carbonyl (C=O) groups is 1. The average molecular weight is 311 g/mol. The van der Waals surface area contributed by atoms with Crippen LogP contribution in [0.15, 0.2) is 29.2 Å². The normalized spacial score (nSPS) is 11.1. The van der Waals surface area contributed by atoms with Crippen molar-refractivity contribution in [3.63, 3.8) is 0 Å². The third-order valence-corrected chi connectivity index (χ3v) is 4.24. The summed E-state index contributed by atoms with van der Waals surface area (Å²) in [6.45, 7) is 1.43. The highest BCUT2D eigenvalue weighted by Crippen LogP contribution is 2.27. The number of aryl methyl sites for hydroxylation is 1. The lowest BCUT2D eigenvalue weighted by Crippen LogP contribution is -2.17. The zero-order valence-electron chi connectivity index (χ0n) is 11.2. The van der Waals surface area contributed by atoms with Gasteiger partial charge in [0.05, 0.1) is 18.5 Å². The number of hydrogen-bond acceptors (Lipinski definition) is 5. The molecule has 0 aliphatic rings. The molecule has 0 aliphatic carbocycles. The summed E-state index contributed by atoms with van der Waals surface area (Å²) in [6, 6.07) is 6.40. The van der Waals surface area contributed by atoms with Crippen LogP contribution < -0.4 is 9.46 Å². The third-order valence-electron chi connectivity index (χ3n) is 2.71. The van der Waals surface area contributed by atoms with Gasteiger partial charge < -0.3 is 9.84 Å². The molecule has 1 aromatic heterocycles. The lowest BCUT2D eigenvalue weighted by Gasteiger charge is -2.11. The third kappa shape index (κ3) is 2.82. The van der Waals surface area contributed by atoms with Crippen LogP contribution in [0.25, 0.3) is 0 Å². The van der Waals surface area contributed by atoms with Crippen molar-refractivity contribution in [2.24, 2.45) is 0 Å². The van der Waals surface area contributed by atoms with Crippen LogP contribution in [0, 0.1) is 6.92 Å². The van der Waals surface area contributed by atoms with Gasteiger partial charge >= 0.3 is 5.97 Å². The van der Waals surface area contributed by atoms with Gasteiger partial charge in [0.2, 0.25) is 0 Å². The van der Waals surface area contributed by atoms with Gasteiger partial charge in [-0.05, 0) is 19.1 Å². The number of H-pyrrole nitrogens is 1. The molecule has 1 heterocycles. The summed E-state index contributed by atoms with van der Waals surface area (Å²) in [4.78, 5) is 10.7. The van der Waals surface area contributed by atoms with E-state index in [0.29, 0.717) is 5.75 Å². The molecule has 3 N–H and O–H groups in total. The standard InChI is InChI=1S/C12H13N3O5S/c1-7-11(10(12(16)17)14-13-7)21(18,19)15-8-5-3-4-6-9(8)20-2/h3-6,15H,1-2H3,(H,13,14)(H,16,17). The van der Waals surface area contributed by atoms with Gasteiger partial charge in [0.25, 0.3) is 10.0 Å². The van der Waals surface area contributed by atoms with E-state index in [1.807, 2.05) is 0 Å². The first-order valence-corrected chi connectivity index (χ1v) is 7.29. The first kappa shape index (κ1) is 14.9. The molecule has 0 amide bonds. The zero-order chi connectivity index (χ0) is 15.6. The van der Waals surface area contributed by atoms with E-state index in [-0.39, 0.29) is 11.4 Å². The summed E-state index contributed by atoms with van der Waals surface area (Å²) in [7, 11) is -2.71. The molecular formula is C12H13N3O5S. The monoisotopic (exact) mass is 311 g/mol. The predicted molar refractivity (Wildman–Crippen MR) is 74.1 cm³/mol. The number of anilines is 1. The van der Waals surface area contributed by atoms with Crippen molar-refractivity contribution in [1.29, 1.82) is 0 Å². The van der Waals surface area contributed by atoms with Crippen LogP contribution in [0.2, 0.25) is 0 Å². The van der Waals surface area contributed by atoms with Crippen LogP contribution in [0.3, 0.4) is 0 Å². The van der Waals surface area contributed by atoms with Gasteiger partial charge in [-0.1, -0.05) is 12.1 Å². The van der Waals surface area contributed by atoms with E-state index in [4.69, 9.17) is 9.84 Å². The van der Waals surface area contributed by atoms with Crippen LogP contribution in [0.4, 0.5) is 5.69 Å². The number of rotatable bonds is 5. The fourth-order valence-corrected chi connectivity index (χ4v) is 3.21. The van der Waals surface area contributed by atoms with Crippen LogP contribution in [-0.4, -0.2) is 36.8 Å². The van der Waals surface area contributed by atoms with Gasteiger partial charge in [0, 0.05) is 0 Å². The molecule has 2 rings (SSSR count). The van der Waals surface area contributed by atoms with E-state index >= 15 is 0 Å². The molecule has 8 nitrogen and oxygen atoms in total. The molecule has 0 fully saturated rings. The van der Waals surface area contributed by atoms with Gasteiger partial charge in [-0.25, -0.2) is 13.2 Å². The van der Waals surface area contributed by atoms with E-state index in [9.17, 15) is 13.2 Å². The number of carboxylic acids is 1. The fraction of sp³-hybridized carbons (Fsp3) is 0.167. The van der Waals surface area contributed by atoms with Gasteiger partial charge in [-0.15, -0.1) is 0 Å². The summed E-state index contributed by atoms with van der Waals surface area (Å²) in [5.74, 6) is -1.11. The van der Waals surface area contributed by atoms with Crippen molar-refractivity contribution in [2.75, 3.05) is 11.8 Å². The smallest absolute Gasteiger partial charge is 0.357 e. The Labute approximate surface area is 120 Å². The highest BCUT2D eigenvalue weighted by molar-refractivity contribution is 7.92. The summed E-state index contributed by atoms with van der Waals surface area (Å²) >= 11 is 0. The molecule has 0 saturated heterocycles. The molecule has 1 aromatic carbocycles. The van der Waals surface area contributed by atoms with Crippen molar-refractivity contribution in [2.45, 2.75) is 11.8 Å². The lowest BCUT2D eigenvalue weighted by molar-refractivity contribution is 0.0686. The van der Waals surface area contributed by atoms with E-state index < -0.39 is 26.6 Å². The van der Waals surface area contributed by atoms with Crippen LogP contribution in [0.1, 0.15) is 16.2 Å². The average Bonchev–Trinajstić information content (AvgIpc) is 2.82. The number of carboxylic acid groups (broad SMARTS) is 1. The van der Waals surface area contributed by atoms with E-state index in [1.54, 1.807) is 18.2 Å². The molecule has 0 aliphatic heterocycles. The molecule has 0 radical (unpaired) electrons. The highest BCUT2D eigenvalue weighted by Gasteiger charge is 2.28. The number of para-hydroxylation sites is 2. The first-order valence-electron chi connectivity index (χ1n) is 5.81. The maximum absolute atomic E-state index is 12.4. The second-order valence-corrected chi connectivity index (χ2v) is 5.76. The van der Waals surface area contributed by atoms with E-state index in [1.165, 1.54) is 20.1 Å². The molecule has 0 spiro atoms. The van der Waals surface area contributed by atoms with Crippen molar-refractivity contribution in [3.05, 3.63) is 35.7 Å². The summed E-state index contributed by atoms with van der Waals surface area (Å²) < 4.78 is 32.1. The Morgan fingerprint density at radius 1 is 1.38 bits per heavy atom. The number of methoxy groups -OCH3 is 1. The Hall–Kier alpha value is -2.55. The van der Waals surface area contributed by atoms with Crippen molar-refractivity contribution in [1.82, 2.24) is 10.2 Å². The maximum Gasteiger partial charge on any atom is 0.357 e. The second-order valence-electron chi connectivity index (χ2n) is 4.14. The summed E-state index contributed by atoms with van der Waals surface area (Å²) in [6.07, 6.45) is 0. The van der Waals surface area contributed by atoms with Gasteiger partial charge in [0.1, 0.15) is 10.6 Å². The molecule has 0 atom stereocenters. The van der Waals surface area contributed by atoms with Crippen LogP contribution in [0.5, 0.6) is 5.75 Å². The van der Waals surface area contributed by atoms with Gasteiger partial charge in [-0.3, -0.25) is 9.82 Å². The molecule has 0 saturated carbocycles. The maximum atomic E-state index is 12.4. The van der Waals surface area contributed by atoms with Gasteiger partial charge in [-0.2, -0.15) is 5.10 Å². The fourth-order valence-electron chi connectivity index (χ4n) is 1.82. The van der Waals surface area contributed by atoms with Crippen molar-refractivity contribution < 1.29 is 23.1 Å². The zero-order valence-corrected chi connectivity index (χ0v) is 12.1. The molecule has 0 unspecified atom stereocenters. The first-order chi connectivity index (χ1) is 9.86. The quantitative estimate of drug-likeness (QED) is 0.763. The number of sulfonamides is 1. The minimum atomic E-state index is -4.11. The molecule has 0 bridgehead atoms. The molecule has 9 heteroatoms. The minimum absolute atomic E-state index is 0.134. The van der Waals surface area contributed by atoms with E-state index in [2.05, 4.69) is 14.9 Å². The summed E-state index contributed by atoms with van der Waals surface area (Å²) in [5.41, 5.74) is -0.221.